The zero-order chi connectivity index (χ0) is 20.6. The summed E-state index contributed by atoms with van der Waals surface area (Å²) in [6.07, 6.45) is 4.39. The Kier molecular flexibility index (Phi) is 5.78. The summed E-state index contributed by atoms with van der Waals surface area (Å²) in [6, 6.07) is 2.49. The van der Waals surface area contributed by atoms with Crippen molar-refractivity contribution in [1.29, 1.82) is 0 Å². The minimum absolute atomic E-state index is 0.173. The molecule has 0 unspecified atom stereocenters. The molecule has 0 spiro atoms. The Balaban J connectivity index is 1.21. The van der Waals surface area contributed by atoms with Crippen molar-refractivity contribution in [1.82, 2.24) is 15.0 Å². The van der Waals surface area contributed by atoms with Crippen LogP contribution >= 0.6 is 0 Å². The lowest BCUT2D eigenvalue weighted by Crippen LogP contribution is -2.43. The summed E-state index contributed by atoms with van der Waals surface area (Å²) >= 11 is 0. The van der Waals surface area contributed by atoms with Gasteiger partial charge >= 0.3 is 6.09 Å². The number of likely N-dealkylation sites (tertiary alicyclic amines) is 2. The van der Waals surface area contributed by atoms with E-state index in [0.717, 1.165) is 57.1 Å². The molecule has 1 saturated carbocycles. The van der Waals surface area contributed by atoms with E-state index in [1.165, 1.54) is 12.8 Å². The van der Waals surface area contributed by atoms with Gasteiger partial charge in [-0.15, -0.1) is 0 Å². The molecule has 2 atom stereocenters. The van der Waals surface area contributed by atoms with Crippen LogP contribution in [-0.2, 0) is 4.74 Å². The Morgan fingerprint density at radius 3 is 2.62 bits per heavy atom. The van der Waals surface area contributed by atoms with Gasteiger partial charge in [0.15, 0.2) is 5.82 Å². The molecule has 4 rings (SSSR count). The topological polar surface area (TPSA) is 70.8 Å². The molecule has 162 valence electrons. The molecule has 0 radical (unpaired) electrons. The maximum absolute atomic E-state index is 12.2. The summed E-state index contributed by atoms with van der Waals surface area (Å²) < 4.78 is 11.0. The molecule has 0 bridgehead atoms. The van der Waals surface area contributed by atoms with E-state index in [2.05, 4.69) is 28.4 Å². The fourth-order valence-electron chi connectivity index (χ4n) is 4.50. The normalized spacial score (nSPS) is 26.7. The second kappa shape index (κ2) is 8.17. The number of amides is 1. The molecule has 1 aromatic rings. The lowest BCUT2D eigenvalue weighted by Gasteiger charge is -2.34. The molecule has 7 nitrogen and oxygen atoms in total. The third kappa shape index (κ3) is 5.44. The molecule has 7 heteroatoms. The number of carbonyl (C=O) groups is 1. The zero-order valence-corrected chi connectivity index (χ0v) is 18.3. The van der Waals surface area contributed by atoms with E-state index in [1.54, 1.807) is 0 Å². The van der Waals surface area contributed by atoms with Crippen LogP contribution in [-0.4, -0.2) is 65.4 Å². The third-order valence-corrected chi connectivity index (χ3v) is 6.31. The first-order valence-electron chi connectivity index (χ1n) is 11.2. The number of hydrogen-bond acceptors (Lipinski definition) is 6. The van der Waals surface area contributed by atoms with Gasteiger partial charge in [-0.3, -0.25) is 0 Å². The Morgan fingerprint density at radius 2 is 1.97 bits per heavy atom. The first-order chi connectivity index (χ1) is 13.8. The average Bonchev–Trinajstić information content (AvgIpc) is 3.30. The van der Waals surface area contributed by atoms with Gasteiger partial charge in [-0.05, 0) is 58.3 Å². The molecule has 1 amide bonds. The summed E-state index contributed by atoms with van der Waals surface area (Å²) in [7, 11) is 0. The predicted molar refractivity (Wildman–Crippen MR) is 112 cm³/mol. The van der Waals surface area contributed by atoms with Crippen molar-refractivity contribution < 1.29 is 14.1 Å². The van der Waals surface area contributed by atoms with E-state index in [1.807, 2.05) is 25.7 Å². The van der Waals surface area contributed by atoms with Crippen LogP contribution in [0.15, 0.2) is 10.6 Å². The average molecular weight is 405 g/mol. The minimum atomic E-state index is -0.426. The summed E-state index contributed by atoms with van der Waals surface area (Å²) in [4.78, 5) is 16.7. The van der Waals surface area contributed by atoms with Crippen LogP contribution in [0.1, 0.15) is 65.1 Å². The van der Waals surface area contributed by atoms with Crippen molar-refractivity contribution in [2.45, 2.75) is 70.9 Å². The Morgan fingerprint density at radius 1 is 1.24 bits per heavy atom. The largest absolute Gasteiger partial charge is 0.444 e. The number of nitrogens with zero attached hydrogens (tertiary/aromatic N) is 3. The van der Waals surface area contributed by atoms with E-state index < -0.39 is 5.60 Å². The van der Waals surface area contributed by atoms with Crippen molar-refractivity contribution in [2.75, 3.05) is 38.0 Å². The van der Waals surface area contributed by atoms with Crippen molar-refractivity contribution in [3.63, 3.8) is 0 Å². The second-order valence-corrected chi connectivity index (χ2v) is 10.2. The molecule has 3 aliphatic rings. The second-order valence-electron chi connectivity index (χ2n) is 10.2. The molecule has 29 heavy (non-hydrogen) atoms. The van der Waals surface area contributed by atoms with E-state index in [-0.39, 0.29) is 6.09 Å². The molecule has 3 heterocycles. The van der Waals surface area contributed by atoms with Crippen LogP contribution in [0.25, 0.3) is 0 Å². The monoisotopic (exact) mass is 404 g/mol. The van der Waals surface area contributed by atoms with E-state index >= 15 is 0 Å². The maximum Gasteiger partial charge on any atom is 0.410 e. The van der Waals surface area contributed by atoms with Gasteiger partial charge in [-0.2, -0.15) is 0 Å². The number of carbonyl (C=O) groups excluding carboxylic acids is 1. The summed E-state index contributed by atoms with van der Waals surface area (Å²) in [5, 5.41) is 7.80. The molecule has 1 aromatic heterocycles. The van der Waals surface area contributed by atoms with Gasteiger partial charge in [0.05, 0.1) is 0 Å². The highest BCUT2D eigenvalue weighted by Crippen LogP contribution is 2.41. The van der Waals surface area contributed by atoms with Gasteiger partial charge in [0.25, 0.3) is 0 Å². The van der Waals surface area contributed by atoms with E-state index in [9.17, 15) is 4.79 Å². The first-order valence-corrected chi connectivity index (χ1v) is 11.2. The smallest absolute Gasteiger partial charge is 0.410 e. The minimum Gasteiger partial charge on any atom is -0.444 e. The van der Waals surface area contributed by atoms with Gasteiger partial charge in [-0.1, -0.05) is 12.1 Å². The van der Waals surface area contributed by atoms with Gasteiger partial charge in [-0.25, -0.2) is 4.79 Å². The number of piperidine rings is 1. The molecule has 1 N–H and O–H groups in total. The predicted octanol–water partition coefficient (Wildman–Crippen LogP) is 3.93. The highest BCUT2D eigenvalue weighted by atomic mass is 16.6. The Hall–Kier alpha value is -1.76. The molecule has 2 aliphatic heterocycles. The lowest BCUT2D eigenvalue weighted by molar-refractivity contribution is 0.0172. The fourth-order valence-corrected chi connectivity index (χ4v) is 4.50. The third-order valence-electron chi connectivity index (χ3n) is 6.31. The van der Waals surface area contributed by atoms with Crippen molar-refractivity contribution in [2.24, 2.45) is 11.8 Å². The van der Waals surface area contributed by atoms with Crippen molar-refractivity contribution in [3.05, 3.63) is 11.8 Å². The van der Waals surface area contributed by atoms with Crippen LogP contribution in [0.5, 0.6) is 0 Å². The number of aromatic nitrogens is 1. The highest BCUT2D eigenvalue weighted by molar-refractivity contribution is 5.68. The van der Waals surface area contributed by atoms with Crippen LogP contribution in [0.4, 0.5) is 10.6 Å². The molecular formula is C22H36N4O3. The fraction of sp³-hybridized carbons (Fsp3) is 0.818. The van der Waals surface area contributed by atoms with Crippen LogP contribution < -0.4 is 5.32 Å². The Bertz CT molecular complexity index is 701. The number of ether oxygens (including phenoxy) is 1. The SMILES string of the molecule is C[C@H]1CN(CC2CCN(C(=O)OC(C)(C)C)CC2)C[C@@H]1Nc1cc(C2CC2)on1. The zero-order valence-electron chi connectivity index (χ0n) is 18.3. The number of hydrogen-bond donors (Lipinski definition) is 1. The molecule has 0 aromatic carbocycles. The standard InChI is InChI=1S/C22H36N4O3/c1-15-12-25(14-18(15)23-20-11-19(29-24-20)17-5-6-17)13-16-7-9-26(10-8-16)21(27)28-22(2,3)4/h11,15-18H,5-10,12-14H2,1-4H3,(H,23,24)/t15-,18-/m0/s1. The first kappa shape index (κ1) is 20.5. The molecular weight excluding hydrogens is 368 g/mol. The van der Waals surface area contributed by atoms with Gasteiger partial charge in [0.1, 0.15) is 11.4 Å². The number of anilines is 1. The van der Waals surface area contributed by atoms with Crippen LogP contribution in [0, 0.1) is 11.8 Å². The highest BCUT2D eigenvalue weighted by Gasteiger charge is 2.34. The summed E-state index contributed by atoms with van der Waals surface area (Å²) in [5.74, 6) is 3.75. The summed E-state index contributed by atoms with van der Waals surface area (Å²) in [6.45, 7) is 12.9. The van der Waals surface area contributed by atoms with Crippen LogP contribution in [0.3, 0.4) is 0 Å². The van der Waals surface area contributed by atoms with Crippen molar-refractivity contribution in [3.8, 4) is 0 Å². The molecule has 2 saturated heterocycles. The number of nitrogens with one attached hydrogen (secondary N) is 1. The van der Waals surface area contributed by atoms with Crippen LogP contribution in [0.2, 0.25) is 0 Å². The van der Waals surface area contributed by atoms with Gasteiger partial charge < -0.3 is 24.4 Å². The quantitative estimate of drug-likeness (QED) is 0.802. The number of rotatable bonds is 5. The van der Waals surface area contributed by atoms with Gasteiger partial charge in [0, 0.05) is 50.7 Å². The van der Waals surface area contributed by atoms with Crippen molar-refractivity contribution >= 4 is 11.9 Å². The lowest BCUT2D eigenvalue weighted by atomic mass is 9.96. The molecule has 1 aliphatic carbocycles. The van der Waals surface area contributed by atoms with Gasteiger partial charge in [0.2, 0.25) is 0 Å². The summed E-state index contributed by atoms with van der Waals surface area (Å²) in [5.41, 5.74) is -0.426. The Labute approximate surface area is 174 Å². The van der Waals surface area contributed by atoms with E-state index in [4.69, 9.17) is 9.26 Å². The maximum atomic E-state index is 12.2. The van der Waals surface area contributed by atoms with E-state index in [0.29, 0.717) is 23.8 Å². The molecule has 3 fully saturated rings.